The van der Waals surface area contributed by atoms with Gasteiger partial charge in [-0.05, 0) is 22.6 Å². The highest BCUT2D eigenvalue weighted by atomic mass is 127. The van der Waals surface area contributed by atoms with Gasteiger partial charge in [-0.1, -0.05) is 5.92 Å². The molecule has 0 radical (unpaired) electrons. The van der Waals surface area contributed by atoms with Crippen LogP contribution in [0.15, 0.2) is 6.20 Å². The zero-order chi connectivity index (χ0) is 8.43. The zero-order valence-electron chi connectivity index (χ0n) is 6.08. The molecule has 11 heavy (non-hydrogen) atoms. The summed E-state index contributed by atoms with van der Waals surface area (Å²) in [5, 5.41) is 4.02. The number of aromatic nitrogens is 2. The molecule has 1 aromatic rings. The molecular formula is C7H8IN3. The van der Waals surface area contributed by atoms with Gasteiger partial charge < -0.3 is 5.73 Å². The first-order valence-electron chi connectivity index (χ1n) is 3.06. The van der Waals surface area contributed by atoms with Crippen molar-refractivity contribution in [1.29, 1.82) is 0 Å². The van der Waals surface area contributed by atoms with E-state index in [-0.39, 0.29) is 6.04 Å². The van der Waals surface area contributed by atoms with Gasteiger partial charge in [0.1, 0.15) is 3.70 Å². The maximum absolute atomic E-state index is 5.61. The van der Waals surface area contributed by atoms with Crippen LogP contribution in [0.5, 0.6) is 0 Å². The van der Waals surface area contributed by atoms with Gasteiger partial charge >= 0.3 is 0 Å². The third kappa shape index (κ3) is 1.54. The second kappa shape index (κ2) is 3.24. The average molecular weight is 261 g/mol. The van der Waals surface area contributed by atoms with E-state index in [2.05, 4.69) is 33.6 Å². The minimum absolute atomic E-state index is 0.337. The molecule has 0 aliphatic rings. The average Bonchev–Trinajstić information content (AvgIpc) is 2.32. The lowest BCUT2D eigenvalue weighted by molar-refractivity contribution is 0.744. The van der Waals surface area contributed by atoms with E-state index >= 15 is 0 Å². The van der Waals surface area contributed by atoms with Crippen LogP contribution in [0.4, 0.5) is 0 Å². The maximum atomic E-state index is 5.61. The molecule has 0 fully saturated rings. The van der Waals surface area contributed by atoms with Crippen molar-refractivity contribution in [2.75, 3.05) is 0 Å². The van der Waals surface area contributed by atoms with Gasteiger partial charge in [-0.3, -0.25) is 4.68 Å². The number of nitrogens with two attached hydrogens (primary N) is 1. The summed E-state index contributed by atoms with van der Waals surface area (Å²) in [6.45, 7) is 0. The highest BCUT2D eigenvalue weighted by Crippen LogP contribution is 2.15. The fourth-order valence-corrected chi connectivity index (χ4v) is 1.34. The molecule has 0 amide bonds. The van der Waals surface area contributed by atoms with Crippen molar-refractivity contribution in [3.63, 3.8) is 0 Å². The monoisotopic (exact) mass is 261 g/mol. The van der Waals surface area contributed by atoms with Gasteiger partial charge in [-0.15, -0.1) is 6.42 Å². The van der Waals surface area contributed by atoms with Crippen molar-refractivity contribution in [2.24, 2.45) is 12.8 Å². The van der Waals surface area contributed by atoms with Crippen molar-refractivity contribution in [3.8, 4) is 12.3 Å². The highest BCUT2D eigenvalue weighted by Gasteiger charge is 2.10. The molecule has 1 unspecified atom stereocenters. The maximum Gasteiger partial charge on any atom is 0.104 e. The lowest BCUT2D eigenvalue weighted by Gasteiger charge is -2.00. The van der Waals surface area contributed by atoms with Crippen LogP contribution in [-0.2, 0) is 7.05 Å². The Morgan fingerprint density at radius 1 is 1.91 bits per heavy atom. The Bertz CT molecular complexity index is 297. The molecule has 1 aromatic heterocycles. The van der Waals surface area contributed by atoms with Crippen LogP contribution in [0, 0.1) is 16.0 Å². The number of hydrogen-bond donors (Lipinski definition) is 1. The highest BCUT2D eigenvalue weighted by molar-refractivity contribution is 14.1. The molecule has 4 heteroatoms. The Morgan fingerprint density at radius 3 is 2.91 bits per heavy atom. The molecule has 1 rings (SSSR count). The number of nitrogens with zero attached hydrogens (tertiary/aromatic N) is 2. The van der Waals surface area contributed by atoms with Gasteiger partial charge in [0, 0.05) is 12.6 Å². The summed E-state index contributed by atoms with van der Waals surface area (Å²) >= 11 is 2.16. The molecule has 0 aliphatic heterocycles. The topological polar surface area (TPSA) is 43.8 Å². The Morgan fingerprint density at radius 2 is 2.55 bits per heavy atom. The third-order valence-corrected chi connectivity index (χ3v) is 2.73. The van der Waals surface area contributed by atoms with E-state index in [1.807, 2.05) is 7.05 Å². The summed E-state index contributed by atoms with van der Waals surface area (Å²) in [7, 11) is 1.86. The summed E-state index contributed by atoms with van der Waals surface area (Å²) in [5.41, 5.74) is 6.53. The van der Waals surface area contributed by atoms with Crippen LogP contribution in [0.3, 0.4) is 0 Å². The smallest absolute Gasteiger partial charge is 0.104 e. The number of rotatable bonds is 1. The SMILES string of the molecule is C#CC(N)c1cnn(C)c1I. The van der Waals surface area contributed by atoms with E-state index in [0.29, 0.717) is 0 Å². The van der Waals surface area contributed by atoms with E-state index < -0.39 is 0 Å². The quantitative estimate of drug-likeness (QED) is 0.596. The standard InChI is InChI=1S/C7H8IN3/c1-3-6(9)5-4-10-11(2)7(5)8/h1,4,6H,9H2,2H3. The predicted octanol–water partition coefficient (Wildman–Crippen LogP) is 0.658. The number of aryl methyl sites for hydroxylation is 1. The molecular weight excluding hydrogens is 253 g/mol. The van der Waals surface area contributed by atoms with Gasteiger partial charge in [-0.25, -0.2) is 0 Å². The number of terminal acetylenes is 1. The minimum atomic E-state index is -0.337. The van der Waals surface area contributed by atoms with E-state index in [1.165, 1.54) is 0 Å². The number of halogens is 1. The molecule has 3 nitrogen and oxygen atoms in total. The molecule has 0 spiro atoms. The van der Waals surface area contributed by atoms with Crippen LogP contribution < -0.4 is 5.73 Å². The molecule has 58 valence electrons. The summed E-state index contributed by atoms with van der Waals surface area (Å²) in [6.07, 6.45) is 6.87. The van der Waals surface area contributed by atoms with E-state index in [4.69, 9.17) is 12.2 Å². The molecule has 0 bridgehead atoms. The van der Waals surface area contributed by atoms with Crippen molar-refractivity contribution in [2.45, 2.75) is 6.04 Å². The summed E-state index contributed by atoms with van der Waals surface area (Å²) in [6, 6.07) is -0.337. The molecule has 1 heterocycles. The van der Waals surface area contributed by atoms with Crippen LogP contribution in [0.25, 0.3) is 0 Å². The molecule has 0 saturated carbocycles. The normalized spacial score (nSPS) is 12.5. The first-order valence-corrected chi connectivity index (χ1v) is 4.13. The fourth-order valence-electron chi connectivity index (χ4n) is 0.738. The molecule has 0 aromatic carbocycles. The van der Waals surface area contributed by atoms with Gasteiger partial charge in [0.25, 0.3) is 0 Å². The predicted molar refractivity (Wildman–Crippen MR) is 51.7 cm³/mol. The second-order valence-corrected chi connectivity index (χ2v) is 3.18. The lowest BCUT2D eigenvalue weighted by Crippen LogP contribution is -2.08. The Balaban J connectivity index is 3.07. The molecule has 0 aliphatic carbocycles. The Hall–Kier alpha value is -0.540. The van der Waals surface area contributed by atoms with Crippen molar-refractivity contribution >= 4 is 22.6 Å². The number of hydrogen-bond acceptors (Lipinski definition) is 2. The lowest BCUT2D eigenvalue weighted by atomic mass is 10.2. The summed E-state index contributed by atoms with van der Waals surface area (Å²) in [4.78, 5) is 0. The molecule has 2 N–H and O–H groups in total. The van der Waals surface area contributed by atoms with Gasteiger partial charge in [0.2, 0.25) is 0 Å². The van der Waals surface area contributed by atoms with E-state index in [0.717, 1.165) is 9.26 Å². The van der Waals surface area contributed by atoms with Crippen molar-refractivity contribution in [1.82, 2.24) is 9.78 Å². The fraction of sp³-hybridized carbons (Fsp3) is 0.286. The first kappa shape index (κ1) is 8.56. The van der Waals surface area contributed by atoms with E-state index in [1.54, 1.807) is 10.9 Å². The third-order valence-electron chi connectivity index (χ3n) is 1.41. The zero-order valence-corrected chi connectivity index (χ0v) is 8.24. The second-order valence-electron chi connectivity index (χ2n) is 2.16. The summed E-state index contributed by atoms with van der Waals surface area (Å²) < 4.78 is 2.74. The largest absolute Gasteiger partial charge is 0.314 e. The van der Waals surface area contributed by atoms with Crippen molar-refractivity contribution < 1.29 is 0 Å². The summed E-state index contributed by atoms with van der Waals surface area (Å²) in [5.74, 6) is 2.46. The van der Waals surface area contributed by atoms with Gasteiger partial charge in [0.15, 0.2) is 0 Å². The van der Waals surface area contributed by atoms with Crippen LogP contribution in [0.1, 0.15) is 11.6 Å². The Kier molecular flexibility index (Phi) is 2.52. The first-order chi connectivity index (χ1) is 5.16. The van der Waals surface area contributed by atoms with Gasteiger partial charge in [-0.2, -0.15) is 5.10 Å². The van der Waals surface area contributed by atoms with Crippen molar-refractivity contribution in [3.05, 3.63) is 15.5 Å². The van der Waals surface area contributed by atoms with Crippen LogP contribution in [0.2, 0.25) is 0 Å². The minimum Gasteiger partial charge on any atom is -0.314 e. The molecule has 0 saturated heterocycles. The Labute approximate surface area is 79.1 Å². The van der Waals surface area contributed by atoms with Crippen LogP contribution >= 0.6 is 22.6 Å². The van der Waals surface area contributed by atoms with E-state index in [9.17, 15) is 0 Å². The van der Waals surface area contributed by atoms with Gasteiger partial charge in [0.05, 0.1) is 12.2 Å². The van der Waals surface area contributed by atoms with Crippen LogP contribution in [-0.4, -0.2) is 9.78 Å². The molecule has 1 atom stereocenters.